The Balaban J connectivity index is 1.69. The summed E-state index contributed by atoms with van der Waals surface area (Å²) in [5, 5.41) is 3.31. The molecule has 0 bridgehead atoms. The minimum absolute atomic E-state index is 0.0348. The molecule has 4 heteroatoms. The van der Waals surface area contributed by atoms with Gasteiger partial charge in [-0.25, -0.2) is 0 Å². The quantitative estimate of drug-likeness (QED) is 0.816. The SMILES string of the molecule is CC(C)(C)C(=O)N[C@H](c1ccccn1)[C@H]1CCCN(CCc2ccccc2)C1. The summed E-state index contributed by atoms with van der Waals surface area (Å²) in [4.78, 5) is 19.8. The average Bonchev–Trinajstić information content (AvgIpc) is 2.71. The number of piperidine rings is 1. The number of amides is 1. The number of carbonyl (C=O) groups excluding carboxylic acids is 1. The van der Waals surface area contributed by atoms with Gasteiger partial charge in [-0.1, -0.05) is 57.2 Å². The highest BCUT2D eigenvalue weighted by Gasteiger charge is 2.32. The van der Waals surface area contributed by atoms with Gasteiger partial charge >= 0.3 is 0 Å². The zero-order chi connectivity index (χ0) is 20.0. The molecule has 1 N–H and O–H groups in total. The Morgan fingerprint density at radius 2 is 1.93 bits per heavy atom. The predicted molar refractivity (Wildman–Crippen MR) is 114 cm³/mol. The third kappa shape index (κ3) is 5.65. The molecule has 1 aromatic heterocycles. The van der Waals surface area contributed by atoms with Crippen LogP contribution < -0.4 is 5.32 Å². The normalized spacial score (nSPS) is 19.2. The lowest BCUT2D eigenvalue weighted by molar-refractivity contribution is -0.130. The van der Waals surface area contributed by atoms with Crippen molar-refractivity contribution in [3.63, 3.8) is 0 Å². The highest BCUT2D eigenvalue weighted by molar-refractivity contribution is 5.81. The number of hydrogen-bond acceptors (Lipinski definition) is 3. The third-order valence-electron chi connectivity index (χ3n) is 5.55. The lowest BCUT2D eigenvalue weighted by atomic mass is 9.86. The molecule has 4 nitrogen and oxygen atoms in total. The van der Waals surface area contributed by atoms with Gasteiger partial charge in [0.15, 0.2) is 0 Å². The molecule has 0 radical (unpaired) electrons. The minimum Gasteiger partial charge on any atom is -0.347 e. The number of hydrogen-bond donors (Lipinski definition) is 1. The van der Waals surface area contributed by atoms with Crippen molar-refractivity contribution < 1.29 is 4.79 Å². The molecule has 1 aliphatic rings. The second-order valence-corrected chi connectivity index (χ2v) is 8.89. The van der Waals surface area contributed by atoms with Gasteiger partial charge < -0.3 is 10.2 Å². The van der Waals surface area contributed by atoms with Gasteiger partial charge in [-0.15, -0.1) is 0 Å². The van der Waals surface area contributed by atoms with Crippen LogP contribution in [-0.4, -0.2) is 35.4 Å². The molecule has 0 spiro atoms. The fourth-order valence-electron chi connectivity index (χ4n) is 3.85. The standard InChI is InChI=1S/C24H33N3O/c1-24(2,3)23(28)26-22(21-13-7-8-15-25-21)20-12-9-16-27(18-20)17-14-19-10-5-4-6-11-19/h4-8,10-11,13,15,20,22H,9,12,14,16-18H2,1-3H3,(H,26,28)/t20-,22-/m0/s1. The van der Waals surface area contributed by atoms with E-state index >= 15 is 0 Å². The Bertz CT molecular complexity index is 739. The Morgan fingerprint density at radius 1 is 1.18 bits per heavy atom. The summed E-state index contributed by atoms with van der Waals surface area (Å²) in [5.74, 6) is 0.468. The van der Waals surface area contributed by atoms with E-state index < -0.39 is 5.41 Å². The number of likely N-dealkylation sites (tertiary alicyclic amines) is 1. The van der Waals surface area contributed by atoms with Gasteiger partial charge in [0.25, 0.3) is 0 Å². The van der Waals surface area contributed by atoms with E-state index in [1.54, 1.807) is 0 Å². The summed E-state index contributed by atoms with van der Waals surface area (Å²) >= 11 is 0. The largest absolute Gasteiger partial charge is 0.347 e. The summed E-state index contributed by atoms with van der Waals surface area (Å²) in [6.07, 6.45) is 5.17. The van der Waals surface area contributed by atoms with Crippen LogP contribution in [0.25, 0.3) is 0 Å². The van der Waals surface area contributed by atoms with Gasteiger partial charge in [0.1, 0.15) is 0 Å². The molecule has 0 saturated carbocycles. The summed E-state index contributed by atoms with van der Waals surface area (Å²) in [5.41, 5.74) is 1.94. The first-order valence-corrected chi connectivity index (χ1v) is 10.4. The first-order valence-electron chi connectivity index (χ1n) is 10.4. The Kier molecular flexibility index (Phi) is 6.84. The van der Waals surface area contributed by atoms with Crippen molar-refractivity contribution in [2.24, 2.45) is 11.3 Å². The van der Waals surface area contributed by atoms with Crippen LogP contribution in [0.1, 0.15) is 50.9 Å². The smallest absolute Gasteiger partial charge is 0.225 e. The lowest BCUT2D eigenvalue weighted by Crippen LogP contribution is -2.46. The predicted octanol–water partition coefficient (Wildman–Crippen LogP) is 4.24. The molecule has 1 fully saturated rings. The van der Waals surface area contributed by atoms with E-state index in [9.17, 15) is 4.79 Å². The van der Waals surface area contributed by atoms with E-state index in [1.165, 1.54) is 5.56 Å². The fraction of sp³-hybridized carbons (Fsp3) is 0.500. The molecule has 2 atom stereocenters. The molecule has 0 aliphatic carbocycles. The zero-order valence-corrected chi connectivity index (χ0v) is 17.4. The topological polar surface area (TPSA) is 45.2 Å². The average molecular weight is 380 g/mol. The first kappa shape index (κ1) is 20.5. The van der Waals surface area contributed by atoms with Crippen LogP contribution >= 0.6 is 0 Å². The highest BCUT2D eigenvalue weighted by Crippen LogP contribution is 2.30. The molecule has 1 aliphatic heterocycles. The third-order valence-corrected chi connectivity index (χ3v) is 5.55. The molecule has 150 valence electrons. The summed E-state index contributed by atoms with van der Waals surface area (Å²) in [6, 6.07) is 16.6. The number of aromatic nitrogens is 1. The van der Waals surface area contributed by atoms with Gasteiger partial charge in [-0.2, -0.15) is 0 Å². The van der Waals surface area contributed by atoms with Gasteiger partial charge in [-0.05, 0) is 49.4 Å². The second-order valence-electron chi connectivity index (χ2n) is 8.89. The van der Waals surface area contributed by atoms with Crippen molar-refractivity contribution in [3.05, 3.63) is 66.0 Å². The molecule has 3 rings (SSSR count). The highest BCUT2D eigenvalue weighted by atomic mass is 16.2. The molecule has 2 heterocycles. The number of nitrogens with zero attached hydrogens (tertiary/aromatic N) is 2. The number of pyridine rings is 1. The Hall–Kier alpha value is -2.20. The molecule has 28 heavy (non-hydrogen) atoms. The zero-order valence-electron chi connectivity index (χ0n) is 17.4. The molecule has 1 saturated heterocycles. The van der Waals surface area contributed by atoms with Crippen LogP contribution in [0.5, 0.6) is 0 Å². The maximum absolute atomic E-state index is 12.7. The van der Waals surface area contributed by atoms with Crippen molar-refractivity contribution in [3.8, 4) is 0 Å². The maximum Gasteiger partial charge on any atom is 0.225 e. The van der Waals surface area contributed by atoms with Crippen LogP contribution in [0.4, 0.5) is 0 Å². The van der Waals surface area contributed by atoms with Crippen LogP contribution in [0, 0.1) is 11.3 Å². The molecule has 2 aromatic rings. The summed E-state index contributed by atoms with van der Waals surface area (Å²) in [7, 11) is 0. The molecule has 1 amide bonds. The van der Waals surface area contributed by atoms with Crippen molar-refractivity contribution >= 4 is 5.91 Å². The van der Waals surface area contributed by atoms with E-state index in [0.29, 0.717) is 5.92 Å². The maximum atomic E-state index is 12.7. The number of benzene rings is 1. The molecular weight excluding hydrogens is 346 g/mol. The summed E-state index contributed by atoms with van der Waals surface area (Å²) in [6.45, 7) is 9.08. The van der Waals surface area contributed by atoms with Crippen LogP contribution in [-0.2, 0) is 11.2 Å². The van der Waals surface area contributed by atoms with E-state index in [2.05, 4.69) is 45.5 Å². The van der Waals surface area contributed by atoms with Crippen molar-refractivity contribution in [2.75, 3.05) is 19.6 Å². The van der Waals surface area contributed by atoms with E-state index in [0.717, 1.165) is 44.6 Å². The minimum atomic E-state index is -0.408. The molecule has 0 unspecified atom stereocenters. The number of rotatable bonds is 6. The first-order chi connectivity index (χ1) is 13.4. The molecular formula is C24H33N3O. The van der Waals surface area contributed by atoms with E-state index in [1.807, 2.05) is 45.2 Å². The Labute approximate surface area is 169 Å². The fourth-order valence-corrected chi connectivity index (χ4v) is 3.85. The Morgan fingerprint density at radius 3 is 2.61 bits per heavy atom. The number of nitrogens with one attached hydrogen (secondary N) is 1. The van der Waals surface area contributed by atoms with Crippen molar-refractivity contribution in [1.29, 1.82) is 0 Å². The van der Waals surface area contributed by atoms with Gasteiger partial charge in [0.2, 0.25) is 5.91 Å². The summed E-state index contributed by atoms with van der Waals surface area (Å²) < 4.78 is 0. The van der Waals surface area contributed by atoms with Crippen LogP contribution in [0.3, 0.4) is 0 Å². The van der Waals surface area contributed by atoms with Crippen LogP contribution in [0.2, 0.25) is 0 Å². The van der Waals surface area contributed by atoms with Gasteiger partial charge in [-0.3, -0.25) is 9.78 Å². The van der Waals surface area contributed by atoms with Gasteiger partial charge in [0, 0.05) is 24.7 Å². The van der Waals surface area contributed by atoms with E-state index in [-0.39, 0.29) is 11.9 Å². The second kappa shape index (κ2) is 9.33. The van der Waals surface area contributed by atoms with Gasteiger partial charge in [0.05, 0.1) is 11.7 Å². The number of carbonyl (C=O) groups is 1. The lowest BCUT2D eigenvalue weighted by Gasteiger charge is -2.38. The van der Waals surface area contributed by atoms with E-state index in [4.69, 9.17) is 0 Å². The monoisotopic (exact) mass is 379 g/mol. The van der Waals surface area contributed by atoms with Crippen molar-refractivity contribution in [1.82, 2.24) is 15.2 Å². The van der Waals surface area contributed by atoms with Crippen molar-refractivity contribution in [2.45, 2.75) is 46.1 Å². The molecule has 1 aromatic carbocycles. The van der Waals surface area contributed by atoms with Crippen LogP contribution in [0.15, 0.2) is 54.7 Å².